The van der Waals surface area contributed by atoms with E-state index in [4.69, 9.17) is 11.6 Å². The Morgan fingerprint density at radius 3 is 2.39 bits per heavy atom. The highest BCUT2D eigenvalue weighted by Crippen LogP contribution is 2.27. The minimum atomic E-state index is -0.321. The quantitative estimate of drug-likeness (QED) is 0.544. The number of benzene rings is 3. The van der Waals surface area contributed by atoms with Gasteiger partial charge in [-0.1, -0.05) is 41.4 Å². The van der Waals surface area contributed by atoms with Crippen LogP contribution in [0.25, 0.3) is 0 Å². The molecule has 0 saturated heterocycles. The number of carbonyl (C=O) groups excluding carboxylic acids is 2. The van der Waals surface area contributed by atoms with Gasteiger partial charge in [-0.15, -0.1) is 0 Å². The van der Waals surface area contributed by atoms with Crippen molar-refractivity contribution in [2.75, 3.05) is 10.6 Å². The molecule has 0 unspecified atom stereocenters. The van der Waals surface area contributed by atoms with Crippen LogP contribution in [0.3, 0.4) is 0 Å². The summed E-state index contributed by atoms with van der Waals surface area (Å²) < 4.78 is 0. The maximum absolute atomic E-state index is 12.3. The fourth-order valence-corrected chi connectivity index (χ4v) is 2.81. The SMILES string of the molecule is Cc1cccc(C(=O)Nc2ccc(NC(=O)Cc3ccc(Cl)cc3)cc2O)c1. The van der Waals surface area contributed by atoms with Crippen LogP contribution in [0.4, 0.5) is 11.4 Å². The second-order valence-corrected chi connectivity index (χ2v) is 6.84. The van der Waals surface area contributed by atoms with E-state index < -0.39 is 0 Å². The molecular formula is C22H19ClN2O3. The summed E-state index contributed by atoms with van der Waals surface area (Å²) in [5.41, 5.74) is 3.00. The van der Waals surface area contributed by atoms with Crippen LogP contribution in [-0.2, 0) is 11.2 Å². The Morgan fingerprint density at radius 2 is 1.71 bits per heavy atom. The molecule has 0 fully saturated rings. The van der Waals surface area contributed by atoms with Gasteiger partial charge in [0.15, 0.2) is 0 Å². The van der Waals surface area contributed by atoms with E-state index in [9.17, 15) is 14.7 Å². The van der Waals surface area contributed by atoms with Gasteiger partial charge in [-0.3, -0.25) is 9.59 Å². The number of anilines is 2. The zero-order chi connectivity index (χ0) is 20.1. The van der Waals surface area contributed by atoms with Gasteiger partial charge in [0, 0.05) is 22.3 Å². The first kappa shape index (κ1) is 19.5. The predicted molar refractivity (Wildman–Crippen MR) is 111 cm³/mol. The average molecular weight is 395 g/mol. The Hall–Kier alpha value is -3.31. The Labute approximate surface area is 168 Å². The second kappa shape index (κ2) is 8.59. The number of halogens is 1. The van der Waals surface area contributed by atoms with Crippen molar-refractivity contribution < 1.29 is 14.7 Å². The van der Waals surface area contributed by atoms with Gasteiger partial charge in [-0.2, -0.15) is 0 Å². The van der Waals surface area contributed by atoms with Crippen LogP contribution in [-0.4, -0.2) is 16.9 Å². The van der Waals surface area contributed by atoms with Gasteiger partial charge in [0.1, 0.15) is 5.75 Å². The molecule has 3 aromatic rings. The van der Waals surface area contributed by atoms with Crippen molar-refractivity contribution in [2.45, 2.75) is 13.3 Å². The summed E-state index contributed by atoms with van der Waals surface area (Å²) >= 11 is 5.83. The number of aryl methyl sites for hydroxylation is 1. The van der Waals surface area contributed by atoms with E-state index >= 15 is 0 Å². The van der Waals surface area contributed by atoms with E-state index in [0.29, 0.717) is 16.3 Å². The minimum Gasteiger partial charge on any atom is -0.506 e. The lowest BCUT2D eigenvalue weighted by atomic mass is 10.1. The lowest BCUT2D eigenvalue weighted by Crippen LogP contribution is -2.15. The van der Waals surface area contributed by atoms with E-state index in [0.717, 1.165) is 11.1 Å². The van der Waals surface area contributed by atoms with E-state index in [1.165, 1.54) is 6.07 Å². The van der Waals surface area contributed by atoms with Crippen molar-refractivity contribution in [3.8, 4) is 5.75 Å². The average Bonchev–Trinajstić information content (AvgIpc) is 2.65. The molecule has 28 heavy (non-hydrogen) atoms. The van der Waals surface area contributed by atoms with Gasteiger partial charge < -0.3 is 15.7 Å². The number of aromatic hydroxyl groups is 1. The van der Waals surface area contributed by atoms with Gasteiger partial charge in [-0.05, 0) is 48.9 Å². The highest BCUT2D eigenvalue weighted by atomic mass is 35.5. The summed E-state index contributed by atoms with van der Waals surface area (Å²) in [7, 11) is 0. The fraction of sp³-hybridized carbons (Fsp3) is 0.0909. The summed E-state index contributed by atoms with van der Waals surface area (Å²) in [6, 6.07) is 18.7. The molecule has 0 aliphatic rings. The van der Waals surface area contributed by atoms with Gasteiger partial charge >= 0.3 is 0 Å². The van der Waals surface area contributed by atoms with Crippen LogP contribution in [0.1, 0.15) is 21.5 Å². The zero-order valence-corrected chi connectivity index (χ0v) is 16.0. The summed E-state index contributed by atoms with van der Waals surface area (Å²) in [6.07, 6.45) is 0.184. The Bertz CT molecular complexity index is 1020. The summed E-state index contributed by atoms with van der Waals surface area (Å²) in [5.74, 6) is -0.679. The summed E-state index contributed by atoms with van der Waals surface area (Å²) in [4.78, 5) is 24.5. The number of carbonyl (C=O) groups is 2. The van der Waals surface area contributed by atoms with Gasteiger partial charge in [0.25, 0.3) is 5.91 Å². The zero-order valence-electron chi connectivity index (χ0n) is 15.2. The number of hydrogen-bond acceptors (Lipinski definition) is 3. The maximum Gasteiger partial charge on any atom is 0.255 e. The standard InChI is InChI=1S/C22H19ClN2O3/c1-14-3-2-4-16(11-14)22(28)25-19-10-9-18(13-20(19)26)24-21(27)12-15-5-7-17(23)8-6-15/h2-11,13,26H,12H2,1H3,(H,24,27)(H,25,28). The molecule has 3 aromatic carbocycles. The van der Waals surface area contributed by atoms with Crippen LogP contribution in [0.2, 0.25) is 5.02 Å². The first-order valence-electron chi connectivity index (χ1n) is 8.66. The van der Waals surface area contributed by atoms with Crippen molar-refractivity contribution >= 4 is 34.8 Å². The highest BCUT2D eigenvalue weighted by Gasteiger charge is 2.11. The first-order chi connectivity index (χ1) is 13.4. The number of nitrogens with one attached hydrogen (secondary N) is 2. The molecule has 3 rings (SSSR count). The summed E-state index contributed by atoms with van der Waals surface area (Å²) in [6.45, 7) is 1.90. The lowest BCUT2D eigenvalue weighted by molar-refractivity contribution is -0.115. The predicted octanol–water partition coefficient (Wildman–Crippen LogP) is 4.79. The topological polar surface area (TPSA) is 78.4 Å². The van der Waals surface area contributed by atoms with Crippen LogP contribution in [0.15, 0.2) is 66.7 Å². The first-order valence-corrected chi connectivity index (χ1v) is 9.04. The Kier molecular flexibility index (Phi) is 5.96. The van der Waals surface area contributed by atoms with Crippen LogP contribution >= 0.6 is 11.6 Å². The molecule has 6 heteroatoms. The maximum atomic E-state index is 12.3. The van der Waals surface area contributed by atoms with Crippen LogP contribution in [0.5, 0.6) is 5.75 Å². The molecule has 0 aliphatic heterocycles. The number of phenols is 1. The Morgan fingerprint density at radius 1 is 0.964 bits per heavy atom. The fourth-order valence-electron chi connectivity index (χ4n) is 2.69. The normalized spacial score (nSPS) is 10.4. The number of phenolic OH excluding ortho intramolecular Hbond substituents is 1. The third kappa shape index (κ3) is 5.11. The number of hydrogen-bond donors (Lipinski definition) is 3. The molecule has 0 heterocycles. The van der Waals surface area contributed by atoms with E-state index in [1.54, 1.807) is 54.6 Å². The van der Waals surface area contributed by atoms with E-state index in [-0.39, 0.29) is 29.7 Å². The molecule has 0 aromatic heterocycles. The molecule has 0 atom stereocenters. The molecule has 5 nitrogen and oxygen atoms in total. The van der Waals surface area contributed by atoms with Crippen molar-refractivity contribution in [2.24, 2.45) is 0 Å². The Balaban J connectivity index is 1.64. The smallest absolute Gasteiger partial charge is 0.255 e. The van der Waals surface area contributed by atoms with Crippen LogP contribution in [0, 0.1) is 6.92 Å². The molecule has 0 spiro atoms. The molecule has 0 aliphatic carbocycles. The van der Waals surface area contributed by atoms with E-state index in [1.807, 2.05) is 13.0 Å². The van der Waals surface area contributed by atoms with Crippen molar-refractivity contribution in [3.05, 3.63) is 88.4 Å². The second-order valence-electron chi connectivity index (χ2n) is 6.41. The van der Waals surface area contributed by atoms with Crippen molar-refractivity contribution in [3.63, 3.8) is 0 Å². The van der Waals surface area contributed by atoms with Gasteiger partial charge in [0.05, 0.1) is 12.1 Å². The molecule has 0 saturated carbocycles. The van der Waals surface area contributed by atoms with E-state index in [2.05, 4.69) is 10.6 Å². The molecule has 3 N–H and O–H groups in total. The lowest BCUT2D eigenvalue weighted by Gasteiger charge is -2.11. The third-order valence-corrected chi connectivity index (χ3v) is 4.34. The van der Waals surface area contributed by atoms with Gasteiger partial charge in [0.2, 0.25) is 5.91 Å². The largest absolute Gasteiger partial charge is 0.506 e. The molecule has 0 radical (unpaired) electrons. The van der Waals surface area contributed by atoms with Crippen molar-refractivity contribution in [1.82, 2.24) is 0 Å². The summed E-state index contributed by atoms with van der Waals surface area (Å²) in [5, 5.41) is 16.2. The van der Waals surface area contributed by atoms with Gasteiger partial charge in [-0.25, -0.2) is 0 Å². The monoisotopic (exact) mass is 394 g/mol. The minimum absolute atomic E-state index is 0.134. The molecule has 2 amide bonds. The number of rotatable bonds is 5. The molecular weight excluding hydrogens is 376 g/mol. The van der Waals surface area contributed by atoms with Crippen molar-refractivity contribution in [1.29, 1.82) is 0 Å². The molecule has 142 valence electrons. The molecule has 0 bridgehead atoms. The van der Waals surface area contributed by atoms with Crippen LogP contribution < -0.4 is 10.6 Å². The third-order valence-electron chi connectivity index (χ3n) is 4.09. The highest BCUT2D eigenvalue weighted by molar-refractivity contribution is 6.30. The number of amides is 2.